The number of allylic oxidation sites excluding steroid dienone is 3. The molecule has 1 amide bonds. The molecule has 1 aromatic rings. The maximum absolute atomic E-state index is 12.8. The number of nitrogens with zero attached hydrogens (tertiary/aromatic N) is 2. The van der Waals surface area contributed by atoms with Crippen molar-refractivity contribution in [3.8, 4) is 0 Å². The molecule has 0 atom stereocenters. The molecule has 5 nitrogen and oxygen atoms in total. The van der Waals surface area contributed by atoms with Crippen LogP contribution >= 0.6 is 0 Å². The third-order valence-corrected chi connectivity index (χ3v) is 6.36. The van der Waals surface area contributed by atoms with Crippen molar-refractivity contribution in [3.05, 3.63) is 54.1 Å². The topological polar surface area (TPSA) is 57.7 Å². The van der Waals surface area contributed by atoms with Gasteiger partial charge in [-0.05, 0) is 30.0 Å². The Kier molecular flexibility index (Phi) is 6.42. The summed E-state index contributed by atoms with van der Waals surface area (Å²) < 4.78 is 27.1. The van der Waals surface area contributed by atoms with E-state index in [1.165, 1.54) is 10.4 Å². The van der Waals surface area contributed by atoms with Gasteiger partial charge in [-0.1, -0.05) is 51.1 Å². The van der Waals surface area contributed by atoms with Crippen LogP contribution in [0.3, 0.4) is 0 Å². The maximum atomic E-state index is 12.8. The van der Waals surface area contributed by atoms with Crippen LogP contribution in [0.2, 0.25) is 0 Å². The zero-order valence-electron chi connectivity index (χ0n) is 16.0. The molecule has 2 rings (SSSR count). The van der Waals surface area contributed by atoms with Crippen LogP contribution in [0.25, 0.3) is 0 Å². The van der Waals surface area contributed by atoms with Gasteiger partial charge >= 0.3 is 0 Å². The quantitative estimate of drug-likeness (QED) is 0.600. The lowest BCUT2D eigenvalue weighted by atomic mass is 9.87. The first-order valence-corrected chi connectivity index (χ1v) is 10.3. The molecule has 0 saturated carbocycles. The van der Waals surface area contributed by atoms with Crippen molar-refractivity contribution in [2.45, 2.75) is 38.0 Å². The summed E-state index contributed by atoms with van der Waals surface area (Å²) in [7, 11) is -3.53. The molecule has 0 aliphatic carbocycles. The van der Waals surface area contributed by atoms with Gasteiger partial charge < -0.3 is 4.90 Å². The van der Waals surface area contributed by atoms with Gasteiger partial charge in [-0.25, -0.2) is 8.42 Å². The summed E-state index contributed by atoms with van der Waals surface area (Å²) in [5.41, 5.74) is 1.08. The van der Waals surface area contributed by atoms with E-state index in [2.05, 4.69) is 20.8 Å². The van der Waals surface area contributed by atoms with Crippen LogP contribution in [0, 0.1) is 0 Å². The van der Waals surface area contributed by atoms with E-state index in [1.807, 2.05) is 25.1 Å². The molecule has 1 aliphatic heterocycles. The summed E-state index contributed by atoms with van der Waals surface area (Å²) in [4.78, 5) is 14.0. The Morgan fingerprint density at radius 2 is 1.58 bits per heavy atom. The molecule has 142 valence electrons. The predicted molar refractivity (Wildman–Crippen MR) is 104 cm³/mol. The van der Waals surface area contributed by atoms with E-state index in [4.69, 9.17) is 0 Å². The average Bonchev–Trinajstić information content (AvgIpc) is 2.61. The van der Waals surface area contributed by atoms with Crippen LogP contribution in [0.4, 0.5) is 0 Å². The Labute approximate surface area is 157 Å². The highest BCUT2D eigenvalue weighted by atomic mass is 32.2. The van der Waals surface area contributed by atoms with Gasteiger partial charge in [0.25, 0.3) is 0 Å². The highest BCUT2D eigenvalue weighted by Gasteiger charge is 2.29. The van der Waals surface area contributed by atoms with Crippen molar-refractivity contribution in [3.63, 3.8) is 0 Å². The molecule has 1 heterocycles. The predicted octanol–water partition coefficient (Wildman–Crippen LogP) is 2.95. The molecule has 0 radical (unpaired) electrons. The first-order valence-electron chi connectivity index (χ1n) is 8.85. The van der Waals surface area contributed by atoms with Crippen LogP contribution in [0.1, 0.15) is 33.3 Å². The molecule has 0 unspecified atom stereocenters. The second kappa shape index (κ2) is 8.18. The first kappa shape index (κ1) is 20.4. The molecular formula is C20H28N2O3S. The highest BCUT2D eigenvalue weighted by molar-refractivity contribution is 7.89. The standard InChI is InChI=1S/C20H28N2O3S/c1-5-6-7-8-19(23)21-13-15-22(16-14-21)26(24,25)18-11-9-17(10-12-18)20(2,3)4/h5-12H,13-16H2,1-4H3/b6-5+,8-7+. The lowest BCUT2D eigenvalue weighted by Gasteiger charge is -2.33. The fraction of sp³-hybridized carbons (Fsp3) is 0.450. The Bertz CT molecular complexity index is 779. The smallest absolute Gasteiger partial charge is 0.246 e. The molecule has 6 heteroatoms. The van der Waals surface area contributed by atoms with Gasteiger partial charge in [-0.15, -0.1) is 0 Å². The Balaban J connectivity index is 2.05. The van der Waals surface area contributed by atoms with E-state index in [0.717, 1.165) is 5.56 Å². The second-order valence-electron chi connectivity index (χ2n) is 7.39. The van der Waals surface area contributed by atoms with Crippen molar-refractivity contribution < 1.29 is 13.2 Å². The lowest BCUT2D eigenvalue weighted by molar-refractivity contribution is -0.127. The van der Waals surface area contributed by atoms with Crippen LogP contribution in [-0.2, 0) is 20.2 Å². The molecule has 0 N–H and O–H groups in total. The van der Waals surface area contributed by atoms with Crippen LogP contribution < -0.4 is 0 Å². The summed E-state index contributed by atoms with van der Waals surface area (Å²) in [6, 6.07) is 7.10. The minimum atomic E-state index is -3.53. The van der Waals surface area contributed by atoms with E-state index >= 15 is 0 Å². The van der Waals surface area contributed by atoms with Gasteiger partial charge in [0.1, 0.15) is 0 Å². The summed E-state index contributed by atoms with van der Waals surface area (Å²) in [5.74, 6) is -0.0883. The third kappa shape index (κ3) is 4.83. The average molecular weight is 377 g/mol. The van der Waals surface area contributed by atoms with Crippen LogP contribution in [0.5, 0.6) is 0 Å². The van der Waals surface area contributed by atoms with Gasteiger partial charge in [-0.2, -0.15) is 4.31 Å². The first-order chi connectivity index (χ1) is 12.2. The minimum Gasteiger partial charge on any atom is -0.337 e. The number of amides is 1. The Hall–Kier alpha value is -1.92. The number of sulfonamides is 1. The van der Waals surface area contributed by atoms with Crippen molar-refractivity contribution >= 4 is 15.9 Å². The zero-order chi connectivity index (χ0) is 19.4. The van der Waals surface area contributed by atoms with Gasteiger partial charge in [-0.3, -0.25) is 4.79 Å². The number of piperazine rings is 1. The second-order valence-corrected chi connectivity index (χ2v) is 9.33. The SMILES string of the molecule is C/C=C/C=C/C(=O)N1CCN(S(=O)(=O)c2ccc(C(C)(C)C)cc2)CC1. The van der Waals surface area contributed by atoms with Crippen molar-refractivity contribution in [1.29, 1.82) is 0 Å². The molecule has 1 saturated heterocycles. The third-order valence-electron chi connectivity index (χ3n) is 4.45. The number of hydrogen-bond acceptors (Lipinski definition) is 3. The lowest BCUT2D eigenvalue weighted by Crippen LogP contribution is -2.50. The molecule has 0 aromatic heterocycles. The van der Waals surface area contributed by atoms with Crippen LogP contribution in [0.15, 0.2) is 53.5 Å². The number of benzene rings is 1. The minimum absolute atomic E-state index is 0.0191. The van der Waals surface area contributed by atoms with Crippen molar-refractivity contribution in [1.82, 2.24) is 9.21 Å². The normalized spacial score (nSPS) is 17.3. The van der Waals surface area contributed by atoms with Gasteiger partial charge in [0.2, 0.25) is 15.9 Å². The largest absolute Gasteiger partial charge is 0.337 e. The van der Waals surface area contributed by atoms with E-state index in [9.17, 15) is 13.2 Å². The van der Waals surface area contributed by atoms with E-state index < -0.39 is 10.0 Å². The fourth-order valence-corrected chi connectivity index (χ4v) is 4.20. The van der Waals surface area contributed by atoms with E-state index in [0.29, 0.717) is 31.1 Å². The van der Waals surface area contributed by atoms with Gasteiger partial charge in [0, 0.05) is 32.3 Å². The number of hydrogen-bond donors (Lipinski definition) is 0. The zero-order valence-corrected chi connectivity index (χ0v) is 16.8. The highest BCUT2D eigenvalue weighted by Crippen LogP contribution is 2.25. The number of carbonyl (C=O) groups excluding carboxylic acids is 1. The summed E-state index contributed by atoms with van der Waals surface area (Å²) >= 11 is 0. The van der Waals surface area contributed by atoms with Crippen molar-refractivity contribution in [2.24, 2.45) is 0 Å². The number of carbonyl (C=O) groups is 1. The molecule has 1 aliphatic rings. The van der Waals surface area contributed by atoms with Gasteiger partial charge in [0.15, 0.2) is 0 Å². The molecule has 0 spiro atoms. The molecule has 0 bridgehead atoms. The Morgan fingerprint density at radius 1 is 1.00 bits per heavy atom. The summed E-state index contributed by atoms with van der Waals surface area (Å²) in [6.07, 6.45) is 6.84. The van der Waals surface area contributed by atoms with Crippen molar-refractivity contribution in [2.75, 3.05) is 26.2 Å². The maximum Gasteiger partial charge on any atom is 0.246 e. The number of rotatable bonds is 4. The van der Waals surface area contributed by atoms with E-state index in [-0.39, 0.29) is 11.3 Å². The molecule has 26 heavy (non-hydrogen) atoms. The Morgan fingerprint density at radius 3 is 2.08 bits per heavy atom. The fourth-order valence-electron chi connectivity index (χ4n) is 2.78. The monoisotopic (exact) mass is 376 g/mol. The molecule has 1 fully saturated rings. The van der Waals surface area contributed by atoms with E-state index in [1.54, 1.807) is 29.2 Å². The summed E-state index contributed by atoms with van der Waals surface area (Å²) in [5, 5.41) is 0. The van der Waals surface area contributed by atoms with Gasteiger partial charge in [0.05, 0.1) is 4.90 Å². The molecule has 1 aromatic carbocycles. The summed E-state index contributed by atoms with van der Waals surface area (Å²) in [6.45, 7) is 9.59. The van der Waals surface area contributed by atoms with Crippen LogP contribution in [-0.4, -0.2) is 49.7 Å². The molecular weight excluding hydrogens is 348 g/mol.